The highest BCUT2D eigenvalue weighted by Gasteiger charge is 2.51. The number of carbonyl (C=O) groups excluding carboxylic acids is 3. The van der Waals surface area contributed by atoms with E-state index < -0.39 is 34.9 Å². The van der Waals surface area contributed by atoms with Crippen LogP contribution >= 0.6 is 0 Å². The molecule has 2 aromatic rings. The molecule has 2 N–H and O–H groups in total. The number of urea groups is 1. The normalized spacial score (nSPS) is 18.1. The van der Waals surface area contributed by atoms with E-state index in [0.717, 1.165) is 4.90 Å². The van der Waals surface area contributed by atoms with Gasteiger partial charge in [-0.2, -0.15) is 0 Å². The lowest BCUT2D eigenvalue weighted by atomic mass is 9.87. The lowest BCUT2D eigenvalue weighted by Gasteiger charge is -2.25. The number of anilines is 1. The highest BCUT2D eigenvalue weighted by Crippen LogP contribution is 2.33. The number of nitro benzene ring substituents is 1. The molecule has 0 unspecified atom stereocenters. The van der Waals surface area contributed by atoms with Crippen molar-refractivity contribution in [3.8, 4) is 5.75 Å². The summed E-state index contributed by atoms with van der Waals surface area (Å²) in [6.07, 6.45) is 0.315. The zero-order chi connectivity index (χ0) is 21.9. The number of nitrogens with one attached hydrogen (secondary N) is 2. The van der Waals surface area contributed by atoms with Crippen LogP contribution in [0.3, 0.4) is 0 Å². The van der Waals surface area contributed by atoms with E-state index in [4.69, 9.17) is 4.74 Å². The zero-order valence-electron chi connectivity index (χ0n) is 16.4. The fourth-order valence-electron chi connectivity index (χ4n) is 3.36. The van der Waals surface area contributed by atoms with Gasteiger partial charge in [0.25, 0.3) is 11.6 Å². The van der Waals surface area contributed by atoms with Gasteiger partial charge in [0.05, 0.1) is 23.8 Å². The van der Waals surface area contributed by atoms with Gasteiger partial charge in [-0.25, -0.2) is 4.79 Å². The standard InChI is InChI=1S/C20H20N4O6/c1-3-20(13-7-5-4-6-8-13)18(26)23(19(27)22-20)12-17(25)21-15-10-9-14(24(28)29)11-16(15)30-2/h4-11H,3,12H2,1-2H3,(H,21,25)(H,22,27)/t20-/m0/s1. The van der Waals surface area contributed by atoms with Gasteiger partial charge in [0.15, 0.2) is 0 Å². The van der Waals surface area contributed by atoms with Crippen molar-refractivity contribution in [1.82, 2.24) is 10.2 Å². The summed E-state index contributed by atoms with van der Waals surface area (Å²) in [5, 5.41) is 16.1. The van der Waals surface area contributed by atoms with Crippen molar-refractivity contribution in [2.45, 2.75) is 18.9 Å². The molecule has 0 bridgehead atoms. The van der Waals surface area contributed by atoms with Gasteiger partial charge in [-0.05, 0) is 18.1 Å². The van der Waals surface area contributed by atoms with Gasteiger partial charge in [-0.3, -0.25) is 24.6 Å². The van der Waals surface area contributed by atoms with Gasteiger partial charge < -0.3 is 15.4 Å². The van der Waals surface area contributed by atoms with E-state index in [1.54, 1.807) is 37.3 Å². The summed E-state index contributed by atoms with van der Waals surface area (Å²) in [6, 6.07) is 11.9. The molecule has 1 aliphatic heterocycles. The van der Waals surface area contributed by atoms with Gasteiger partial charge in [0.1, 0.15) is 17.8 Å². The third-order valence-electron chi connectivity index (χ3n) is 4.94. The Hall–Kier alpha value is -3.95. The van der Waals surface area contributed by atoms with E-state index in [1.807, 2.05) is 0 Å². The number of hydrogen-bond donors (Lipinski definition) is 2. The second-order valence-electron chi connectivity index (χ2n) is 6.64. The predicted octanol–water partition coefficient (Wildman–Crippen LogP) is 2.40. The summed E-state index contributed by atoms with van der Waals surface area (Å²) < 4.78 is 5.08. The van der Waals surface area contributed by atoms with Crippen molar-refractivity contribution >= 4 is 29.2 Å². The number of carbonyl (C=O) groups is 3. The van der Waals surface area contributed by atoms with E-state index in [1.165, 1.54) is 25.3 Å². The first-order chi connectivity index (χ1) is 14.3. The minimum Gasteiger partial charge on any atom is -0.494 e. The number of imide groups is 1. The molecule has 10 heteroatoms. The number of ether oxygens (including phenoxy) is 1. The fourth-order valence-corrected chi connectivity index (χ4v) is 3.36. The van der Waals surface area contributed by atoms with E-state index in [9.17, 15) is 24.5 Å². The molecular formula is C20H20N4O6. The Morgan fingerprint density at radius 2 is 1.93 bits per heavy atom. The average Bonchev–Trinajstić information content (AvgIpc) is 2.99. The molecular weight excluding hydrogens is 392 g/mol. The van der Waals surface area contributed by atoms with E-state index in [0.29, 0.717) is 12.0 Å². The molecule has 0 radical (unpaired) electrons. The minimum atomic E-state index is -1.23. The fraction of sp³-hybridized carbons (Fsp3) is 0.250. The third-order valence-corrected chi connectivity index (χ3v) is 4.94. The molecule has 1 saturated heterocycles. The number of nitrogens with zero attached hydrogens (tertiary/aromatic N) is 2. The van der Waals surface area contributed by atoms with Crippen LogP contribution in [0.2, 0.25) is 0 Å². The first-order valence-electron chi connectivity index (χ1n) is 9.14. The first kappa shape index (κ1) is 20.8. The lowest BCUT2D eigenvalue weighted by molar-refractivity contribution is -0.384. The van der Waals surface area contributed by atoms with Crippen LogP contribution in [-0.2, 0) is 15.1 Å². The third kappa shape index (κ3) is 3.66. The second-order valence-corrected chi connectivity index (χ2v) is 6.64. The number of benzene rings is 2. The molecule has 30 heavy (non-hydrogen) atoms. The molecule has 1 fully saturated rings. The molecule has 1 heterocycles. The number of hydrogen-bond acceptors (Lipinski definition) is 6. The maximum absolute atomic E-state index is 13.1. The Bertz CT molecular complexity index is 1010. The van der Waals surface area contributed by atoms with Crippen LogP contribution in [0, 0.1) is 10.1 Å². The second kappa shape index (κ2) is 8.19. The van der Waals surface area contributed by atoms with E-state index in [2.05, 4.69) is 10.6 Å². The van der Waals surface area contributed by atoms with Gasteiger partial charge in [-0.1, -0.05) is 37.3 Å². The minimum absolute atomic E-state index is 0.0851. The molecule has 0 spiro atoms. The smallest absolute Gasteiger partial charge is 0.325 e. The molecule has 1 aliphatic rings. The molecule has 10 nitrogen and oxygen atoms in total. The van der Waals surface area contributed by atoms with Crippen LogP contribution in [0.15, 0.2) is 48.5 Å². The molecule has 0 aliphatic carbocycles. The summed E-state index contributed by atoms with van der Waals surface area (Å²) in [6.45, 7) is 1.26. The highest BCUT2D eigenvalue weighted by atomic mass is 16.6. The van der Waals surface area contributed by atoms with Crippen LogP contribution in [0.4, 0.5) is 16.2 Å². The Labute approximate surface area is 172 Å². The van der Waals surface area contributed by atoms with Crippen molar-refractivity contribution in [2.24, 2.45) is 0 Å². The molecule has 1 atom stereocenters. The van der Waals surface area contributed by atoms with Gasteiger partial charge in [-0.15, -0.1) is 0 Å². The summed E-state index contributed by atoms with van der Waals surface area (Å²) in [7, 11) is 1.31. The number of non-ortho nitro benzene ring substituents is 1. The lowest BCUT2D eigenvalue weighted by Crippen LogP contribution is -2.44. The largest absolute Gasteiger partial charge is 0.494 e. The number of rotatable bonds is 7. The summed E-state index contributed by atoms with van der Waals surface area (Å²) >= 11 is 0. The number of methoxy groups -OCH3 is 1. The molecule has 3 rings (SSSR count). The van der Waals surface area contributed by atoms with Crippen molar-refractivity contribution in [3.63, 3.8) is 0 Å². The highest BCUT2D eigenvalue weighted by molar-refractivity contribution is 6.10. The monoisotopic (exact) mass is 412 g/mol. The Balaban J connectivity index is 1.78. The zero-order valence-corrected chi connectivity index (χ0v) is 16.4. The SMILES string of the molecule is CC[C@@]1(c2ccccc2)NC(=O)N(CC(=O)Nc2ccc([N+](=O)[O-])cc2OC)C1=O. The maximum atomic E-state index is 13.1. The number of nitro groups is 1. The van der Waals surface area contributed by atoms with Crippen molar-refractivity contribution in [3.05, 3.63) is 64.2 Å². The number of amides is 4. The summed E-state index contributed by atoms with van der Waals surface area (Å²) in [5.74, 6) is -1.08. The summed E-state index contributed by atoms with van der Waals surface area (Å²) in [4.78, 5) is 49.2. The maximum Gasteiger partial charge on any atom is 0.325 e. The van der Waals surface area contributed by atoms with Crippen LogP contribution in [0.5, 0.6) is 5.75 Å². The molecule has 0 saturated carbocycles. The topological polar surface area (TPSA) is 131 Å². The van der Waals surface area contributed by atoms with Crippen LogP contribution in [0.1, 0.15) is 18.9 Å². The Morgan fingerprint density at radius 3 is 2.53 bits per heavy atom. The van der Waals surface area contributed by atoms with Gasteiger partial charge in [0.2, 0.25) is 5.91 Å². The molecule has 4 amide bonds. The van der Waals surface area contributed by atoms with Gasteiger partial charge >= 0.3 is 6.03 Å². The van der Waals surface area contributed by atoms with Crippen molar-refractivity contribution < 1.29 is 24.0 Å². The van der Waals surface area contributed by atoms with E-state index in [-0.39, 0.29) is 17.1 Å². The molecule has 156 valence electrons. The van der Waals surface area contributed by atoms with Crippen LogP contribution in [0.25, 0.3) is 0 Å². The van der Waals surface area contributed by atoms with Crippen LogP contribution in [-0.4, -0.2) is 41.3 Å². The average molecular weight is 412 g/mol. The van der Waals surface area contributed by atoms with E-state index >= 15 is 0 Å². The quantitative estimate of drug-likeness (QED) is 0.408. The summed E-state index contributed by atoms with van der Waals surface area (Å²) in [5.41, 5.74) is -0.616. The first-order valence-corrected chi connectivity index (χ1v) is 9.14. The van der Waals surface area contributed by atoms with Gasteiger partial charge in [0, 0.05) is 6.07 Å². The Morgan fingerprint density at radius 1 is 1.23 bits per heavy atom. The predicted molar refractivity (Wildman–Crippen MR) is 107 cm³/mol. The molecule has 2 aromatic carbocycles. The van der Waals surface area contributed by atoms with Crippen molar-refractivity contribution in [2.75, 3.05) is 19.0 Å². The van der Waals surface area contributed by atoms with Crippen LogP contribution < -0.4 is 15.4 Å². The molecule has 0 aromatic heterocycles. The van der Waals surface area contributed by atoms with Crippen molar-refractivity contribution in [1.29, 1.82) is 0 Å². The Kier molecular flexibility index (Phi) is 5.67.